The summed E-state index contributed by atoms with van der Waals surface area (Å²) in [6, 6.07) is 9.34. The predicted molar refractivity (Wildman–Crippen MR) is 62.9 cm³/mol. The maximum atomic E-state index is 5.60. The summed E-state index contributed by atoms with van der Waals surface area (Å²) in [5.74, 6) is 1.37. The normalized spacial score (nSPS) is 9.93. The van der Waals surface area contributed by atoms with Crippen LogP contribution in [0.25, 0.3) is 0 Å². The van der Waals surface area contributed by atoms with E-state index in [1.165, 1.54) is 0 Å². The van der Waals surface area contributed by atoms with Crippen LogP contribution in [0, 0.1) is 0 Å². The zero-order valence-electron chi connectivity index (χ0n) is 7.85. The third-order valence-corrected chi connectivity index (χ3v) is 2.45. The number of ether oxygens (including phenoxy) is 1. The molecule has 1 heterocycles. The molecule has 15 heavy (non-hydrogen) atoms. The van der Waals surface area contributed by atoms with Crippen LogP contribution in [-0.2, 0) is 0 Å². The molecule has 0 fully saturated rings. The van der Waals surface area contributed by atoms with Crippen LogP contribution in [-0.4, -0.2) is 4.98 Å². The molecule has 3 nitrogen and oxygen atoms in total. The number of hydrogen-bond acceptors (Lipinski definition) is 3. The number of aromatic nitrogens is 1. The Morgan fingerprint density at radius 3 is 2.73 bits per heavy atom. The van der Waals surface area contributed by atoms with Gasteiger partial charge in [0.05, 0.1) is 22.6 Å². The first-order chi connectivity index (χ1) is 7.25. The fourth-order valence-corrected chi connectivity index (χ4v) is 1.51. The lowest BCUT2D eigenvalue weighted by atomic mass is 10.3. The minimum atomic E-state index is 0.583. The largest absolute Gasteiger partial charge is 0.454 e. The van der Waals surface area contributed by atoms with Gasteiger partial charge in [0.25, 0.3) is 0 Å². The van der Waals surface area contributed by atoms with Crippen molar-refractivity contribution in [3.63, 3.8) is 0 Å². The molecule has 0 bridgehead atoms. The van der Waals surface area contributed by atoms with Gasteiger partial charge in [0.2, 0.25) is 0 Å². The van der Waals surface area contributed by atoms with Crippen LogP contribution in [0.3, 0.4) is 0 Å². The van der Waals surface area contributed by atoms with Gasteiger partial charge in [-0.05, 0) is 28.1 Å². The SMILES string of the molecule is Nc1cncc(Oc2ccccc2Br)c1. The Kier molecular flexibility index (Phi) is 2.87. The van der Waals surface area contributed by atoms with Gasteiger partial charge in [0.1, 0.15) is 11.5 Å². The van der Waals surface area contributed by atoms with E-state index >= 15 is 0 Å². The van der Waals surface area contributed by atoms with E-state index in [4.69, 9.17) is 10.5 Å². The monoisotopic (exact) mass is 264 g/mol. The molecule has 1 aromatic heterocycles. The Labute approximate surface area is 96.0 Å². The number of pyridine rings is 1. The number of rotatable bonds is 2. The predicted octanol–water partition coefficient (Wildman–Crippen LogP) is 3.22. The van der Waals surface area contributed by atoms with Crippen molar-refractivity contribution in [3.8, 4) is 11.5 Å². The molecule has 0 atom stereocenters. The van der Waals surface area contributed by atoms with E-state index < -0.39 is 0 Å². The molecule has 0 spiro atoms. The number of nitrogens with two attached hydrogens (primary N) is 1. The maximum Gasteiger partial charge on any atom is 0.147 e. The minimum absolute atomic E-state index is 0.583. The average molecular weight is 265 g/mol. The van der Waals surface area contributed by atoms with Crippen LogP contribution in [0.15, 0.2) is 47.2 Å². The van der Waals surface area contributed by atoms with E-state index in [9.17, 15) is 0 Å². The lowest BCUT2D eigenvalue weighted by molar-refractivity contribution is 0.477. The molecular weight excluding hydrogens is 256 g/mol. The second-order valence-electron chi connectivity index (χ2n) is 2.99. The van der Waals surface area contributed by atoms with Crippen LogP contribution in [0.2, 0.25) is 0 Å². The van der Waals surface area contributed by atoms with Crippen molar-refractivity contribution in [2.75, 3.05) is 5.73 Å². The van der Waals surface area contributed by atoms with Gasteiger partial charge in [-0.1, -0.05) is 12.1 Å². The fourth-order valence-electron chi connectivity index (χ4n) is 1.15. The van der Waals surface area contributed by atoms with E-state index in [0.717, 1.165) is 10.2 Å². The number of anilines is 1. The summed E-state index contributed by atoms with van der Waals surface area (Å²) in [5, 5.41) is 0. The summed E-state index contributed by atoms with van der Waals surface area (Å²) < 4.78 is 6.50. The highest BCUT2D eigenvalue weighted by molar-refractivity contribution is 9.10. The van der Waals surface area contributed by atoms with Crippen molar-refractivity contribution in [2.24, 2.45) is 0 Å². The van der Waals surface area contributed by atoms with Crippen molar-refractivity contribution in [2.45, 2.75) is 0 Å². The molecule has 0 aliphatic heterocycles. The van der Waals surface area contributed by atoms with Crippen LogP contribution < -0.4 is 10.5 Å². The number of para-hydroxylation sites is 1. The van der Waals surface area contributed by atoms with Crippen molar-refractivity contribution < 1.29 is 4.74 Å². The van der Waals surface area contributed by atoms with Gasteiger partial charge in [0, 0.05) is 6.07 Å². The van der Waals surface area contributed by atoms with Crippen molar-refractivity contribution in [3.05, 3.63) is 47.2 Å². The van der Waals surface area contributed by atoms with E-state index in [-0.39, 0.29) is 0 Å². The third kappa shape index (κ3) is 2.47. The maximum absolute atomic E-state index is 5.60. The molecule has 0 saturated heterocycles. The number of halogens is 1. The first-order valence-electron chi connectivity index (χ1n) is 4.38. The second-order valence-corrected chi connectivity index (χ2v) is 3.84. The molecule has 76 valence electrons. The summed E-state index contributed by atoms with van der Waals surface area (Å²) >= 11 is 3.40. The standard InChI is InChI=1S/C11H9BrN2O/c12-10-3-1-2-4-11(10)15-9-5-8(13)6-14-7-9/h1-7H,13H2. The molecule has 0 radical (unpaired) electrons. The molecule has 0 amide bonds. The number of nitrogens with zero attached hydrogens (tertiary/aromatic N) is 1. The Morgan fingerprint density at radius 1 is 1.20 bits per heavy atom. The molecule has 0 aliphatic carbocycles. The van der Waals surface area contributed by atoms with Gasteiger partial charge >= 0.3 is 0 Å². The van der Waals surface area contributed by atoms with Crippen molar-refractivity contribution >= 4 is 21.6 Å². The average Bonchev–Trinajstić information content (AvgIpc) is 2.22. The summed E-state index contributed by atoms with van der Waals surface area (Å²) in [6.45, 7) is 0. The van der Waals surface area contributed by atoms with Gasteiger partial charge in [0.15, 0.2) is 0 Å². The van der Waals surface area contributed by atoms with Crippen LogP contribution in [0.5, 0.6) is 11.5 Å². The van der Waals surface area contributed by atoms with Gasteiger partial charge in [-0.3, -0.25) is 4.98 Å². The Bertz CT molecular complexity index is 474. The van der Waals surface area contributed by atoms with Gasteiger partial charge < -0.3 is 10.5 Å². The molecule has 2 N–H and O–H groups in total. The van der Waals surface area contributed by atoms with Crippen LogP contribution in [0.1, 0.15) is 0 Å². The summed E-state index contributed by atoms with van der Waals surface area (Å²) in [7, 11) is 0. The number of benzene rings is 1. The smallest absolute Gasteiger partial charge is 0.147 e. The van der Waals surface area contributed by atoms with Crippen LogP contribution in [0.4, 0.5) is 5.69 Å². The van der Waals surface area contributed by atoms with Gasteiger partial charge in [-0.15, -0.1) is 0 Å². The molecule has 0 saturated carbocycles. The minimum Gasteiger partial charge on any atom is -0.454 e. The van der Waals surface area contributed by atoms with Gasteiger partial charge in [-0.25, -0.2) is 0 Å². The zero-order chi connectivity index (χ0) is 10.7. The number of hydrogen-bond donors (Lipinski definition) is 1. The Hall–Kier alpha value is -1.55. The van der Waals surface area contributed by atoms with Crippen molar-refractivity contribution in [1.82, 2.24) is 4.98 Å². The quantitative estimate of drug-likeness (QED) is 0.906. The highest BCUT2D eigenvalue weighted by atomic mass is 79.9. The Morgan fingerprint density at radius 2 is 2.00 bits per heavy atom. The van der Waals surface area contributed by atoms with Crippen molar-refractivity contribution in [1.29, 1.82) is 0 Å². The van der Waals surface area contributed by atoms with Crippen LogP contribution >= 0.6 is 15.9 Å². The molecular formula is C11H9BrN2O. The highest BCUT2D eigenvalue weighted by Crippen LogP contribution is 2.29. The first kappa shape index (κ1) is 9.98. The summed E-state index contributed by atoms with van der Waals surface area (Å²) in [4.78, 5) is 3.94. The van der Waals surface area contributed by atoms with Gasteiger partial charge in [-0.2, -0.15) is 0 Å². The molecule has 2 aromatic rings. The summed E-state index contributed by atoms with van der Waals surface area (Å²) in [5.41, 5.74) is 6.18. The van der Waals surface area contributed by atoms with E-state index in [2.05, 4.69) is 20.9 Å². The second kappa shape index (κ2) is 4.31. The molecule has 4 heteroatoms. The van der Waals surface area contributed by atoms with E-state index in [1.54, 1.807) is 18.5 Å². The number of nitrogen functional groups attached to an aromatic ring is 1. The first-order valence-corrected chi connectivity index (χ1v) is 5.18. The molecule has 0 aliphatic rings. The molecule has 0 unspecified atom stereocenters. The van der Waals surface area contributed by atoms with E-state index in [1.807, 2.05) is 24.3 Å². The molecule has 1 aromatic carbocycles. The lowest BCUT2D eigenvalue weighted by Crippen LogP contribution is -1.89. The third-order valence-electron chi connectivity index (χ3n) is 1.80. The highest BCUT2D eigenvalue weighted by Gasteiger charge is 2.01. The summed E-state index contributed by atoms with van der Waals surface area (Å²) in [6.07, 6.45) is 3.20. The lowest BCUT2D eigenvalue weighted by Gasteiger charge is -2.06. The Balaban J connectivity index is 2.26. The topological polar surface area (TPSA) is 48.1 Å². The van der Waals surface area contributed by atoms with E-state index in [0.29, 0.717) is 11.4 Å². The fraction of sp³-hybridized carbons (Fsp3) is 0. The zero-order valence-corrected chi connectivity index (χ0v) is 9.44. The molecule has 2 rings (SSSR count).